The predicted molar refractivity (Wildman–Crippen MR) is 91.1 cm³/mol. The van der Waals surface area contributed by atoms with Crippen molar-refractivity contribution in [3.63, 3.8) is 0 Å². The molecule has 112 valence electrons. The number of guanidine groups is 1. The van der Waals surface area contributed by atoms with Gasteiger partial charge in [-0.05, 0) is 43.0 Å². The molecule has 0 fully saturated rings. The van der Waals surface area contributed by atoms with E-state index in [9.17, 15) is 0 Å². The van der Waals surface area contributed by atoms with E-state index in [0.29, 0.717) is 18.4 Å². The summed E-state index contributed by atoms with van der Waals surface area (Å²) in [5, 5.41) is 6.20. The SMILES string of the molecule is Cc1cc(C)cc(NC(N)=NCc2nc(C(C)C)cs2)c1. The summed E-state index contributed by atoms with van der Waals surface area (Å²) >= 11 is 1.63. The van der Waals surface area contributed by atoms with Crippen molar-refractivity contribution in [2.75, 3.05) is 5.32 Å². The van der Waals surface area contributed by atoms with Gasteiger partial charge in [0.15, 0.2) is 5.96 Å². The number of benzene rings is 1. The number of nitrogens with two attached hydrogens (primary N) is 1. The fraction of sp³-hybridized carbons (Fsp3) is 0.375. The van der Waals surface area contributed by atoms with Crippen molar-refractivity contribution in [2.45, 2.75) is 40.2 Å². The average Bonchev–Trinajstić information content (AvgIpc) is 2.84. The standard InChI is InChI=1S/C16H22N4S/c1-10(2)14-9-21-15(20-14)8-18-16(17)19-13-6-11(3)5-12(4)7-13/h5-7,9-10H,8H2,1-4H3,(H3,17,18,19). The zero-order valence-corrected chi connectivity index (χ0v) is 13.8. The quantitative estimate of drug-likeness (QED) is 0.667. The number of nitrogens with one attached hydrogen (secondary N) is 1. The third-order valence-electron chi connectivity index (χ3n) is 3.04. The molecule has 0 bridgehead atoms. The second-order valence-corrected chi connectivity index (χ2v) is 6.47. The van der Waals surface area contributed by atoms with Crippen LogP contribution in [0.2, 0.25) is 0 Å². The summed E-state index contributed by atoms with van der Waals surface area (Å²) in [7, 11) is 0. The van der Waals surface area contributed by atoms with Crippen LogP contribution in [-0.2, 0) is 6.54 Å². The molecule has 1 aromatic heterocycles. The zero-order valence-electron chi connectivity index (χ0n) is 13.0. The van der Waals surface area contributed by atoms with Crippen LogP contribution in [0, 0.1) is 13.8 Å². The highest BCUT2D eigenvalue weighted by Crippen LogP contribution is 2.18. The number of rotatable bonds is 4. The Kier molecular flexibility index (Phi) is 4.96. The number of thiazole rings is 1. The van der Waals surface area contributed by atoms with E-state index < -0.39 is 0 Å². The van der Waals surface area contributed by atoms with E-state index in [-0.39, 0.29) is 0 Å². The van der Waals surface area contributed by atoms with Crippen LogP contribution in [0.4, 0.5) is 5.69 Å². The van der Waals surface area contributed by atoms with Crippen LogP contribution < -0.4 is 11.1 Å². The summed E-state index contributed by atoms with van der Waals surface area (Å²) in [5.74, 6) is 0.867. The molecule has 0 unspecified atom stereocenters. The highest BCUT2D eigenvalue weighted by atomic mass is 32.1. The van der Waals surface area contributed by atoms with Gasteiger partial charge in [-0.3, -0.25) is 0 Å². The molecule has 0 spiro atoms. The maximum Gasteiger partial charge on any atom is 0.193 e. The lowest BCUT2D eigenvalue weighted by Gasteiger charge is -2.07. The predicted octanol–water partition coefficient (Wildman–Crippen LogP) is 3.81. The highest BCUT2D eigenvalue weighted by molar-refractivity contribution is 7.09. The minimum atomic E-state index is 0.418. The molecule has 0 aliphatic rings. The number of anilines is 1. The first kappa shape index (κ1) is 15.5. The molecule has 0 aliphatic carbocycles. The van der Waals surface area contributed by atoms with Crippen molar-refractivity contribution in [1.82, 2.24) is 4.98 Å². The van der Waals surface area contributed by atoms with Gasteiger partial charge in [0, 0.05) is 11.1 Å². The summed E-state index contributed by atoms with van der Waals surface area (Å²) in [6.07, 6.45) is 0. The van der Waals surface area contributed by atoms with Gasteiger partial charge in [0.1, 0.15) is 5.01 Å². The Bertz CT molecular complexity index is 623. The van der Waals surface area contributed by atoms with Crippen molar-refractivity contribution < 1.29 is 0 Å². The summed E-state index contributed by atoms with van der Waals surface area (Å²) < 4.78 is 0. The molecular formula is C16H22N4S. The molecule has 0 amide bonds. The molecule has 5 heteroatoms. The topological polar surface area (TPSA) is 63.3 Å². The first-order valence-electron chi connectivity index (χ1n) is 7.03. The van der Waals surface area contributed by atoms with Gasteiger partial charge in [0.2, 0.25) is 0 Å². The minimum Gasteiger partial charge on any atom is -0.370 e. The Morgan fingerprint density at radius 2 is 1.95 bits per heavy atom. The molecule has 2 rings (SSSR count). The van der Waals surface area contributed by atoms with Crippen LogP contribution in [0.15, 0.2) is 28.6 Å². The lowest BCUT2D eigenvalue weighted by Crippen LogP contribution is -2.22. The van der Waals surface area contributed by atoms with E-state index in [1.54, 1.807) is 11.3 Å². The third-order valence-corrected chi connectivity index (χ3v) is 3.89. The van der Waals surface area contributed by atoms with Crippen molar-refractivity contribution in [2.24, 2.45) is 10.7 Å². The Balaban J connectivity index is 2.00. The van der Waals surface area contributed by atoms with Gasteiger partial charge < -0.3 is 11.1 Å². The van der Waals surface area contributed by atoms with Crippen LogP contribution in [-0.4, -0.2) is 10.9 Å². The van der Waals surface area contributed by atoms with Crippen LogP contribution in [0.5, 0.6) is 0 Å². The van der Waals surface area contributed by atoms with Crippen LogP contribution in [0.25, 0.3) is 0 Å². The van der Waals surface area contributed by atoms with Gasteiger partial charge in [-0.2, -0.15) is 0 Å². The molecule has 0 radical (unpaired) electrons. The fourth-order valence-electron chi connectivity index (χ4n) is 2.05. The van der Waals surface area contributed by atoms with Gasteiger partial charge in [-0.25, -0.2) is 9.98 Å². The molecule has 4 nitrogen and oxygen atoms in total. The second kappa shape index (κ2) is 6.72. The maximum atomic E-state index is 5.94. The molecule has 21 heavy (non-hydrogen) atoms. The van der Waals surface area contributed by atoms with Crippen LogP contribution in [0.1, 0.15) is 41.6 Å². The smallest absolute Gasteiger partial charge is 0.193 e. The van der Waals surface area contributed by atoms with E-state index >= 15 is 0 Å². The van der Waals surface area contributed by atoms with Gasteiger partial charge in [0.05, 0.1) is 12.2 Å². The van der Waals surface area contributed by atoms with E-state index in [1.807, 2.05) is 0 Å². The molecule has 0 aliphatic heterocycles. The summed E-state index contributed by atoms with van der Waals surface area (Å²) in [4.78, 5) is 8.90. The van der Waals surface area contributed by atoms with E-state index in [2.05, 4.69) is 66.6 Å². The number of nitrogens with zero attached hydrogens (tertiary/aromatic N) is 2. The molecule has 2 aromatic rings. The maximum absolute atomic E-state index is 5.94. The lowest BCUT2D eigenvalue weighted by molar-refractivity contribution is 0.821. The van der Waals surface area contributed by atoms with Crippen LogP contribution in [0.3, 0.4) is 0 Å². The average molecular weight is 302 g/mol. The van der Waals surface area contributed by atoms with Gasteiger partial charge in [-0.1, -0.05) is 19.9 Å². The monoisotopic (exact) mass is 302 g/mol. The van der Waals surface area contributed by atoms with Crippen molar-refractivity contribution in [3.8, 4) is 0 Å². The largest absolute Gasteiger partial charge is 0.370 e. The van der Waals surface area contributed by atoms with Gasteiger partial charge in [-0.15, -0.1) is 11.3 Å². The summed E-state index contributed by atoms with van der Waals surface area (Å²) in [6.45, 7) is 8.92. The number of hydrogen-bond acceptors (Lipinski definition) is 3. The molecule has 3 N–H and O–H groups in total. The zero-order chi connectivity index (χ0) is 15.4. The lowest BCUT2D eigenvalue weighted by atomic mass is 10.1. The van der Waals surface area contributed by atoms with Gasteiger partial charge in [0.25, 0.3) is 0 Å². The van der Waals surface area contributed by atoms with E-state index in [4.69, 9.17) is 5.73 Å². The Hall–Kier alpha value is -1.88. The Labute approximate surface area is 130 Å². The van der Waals surface area contributed by atoms with E-state index in [0.717, 1.165) is 16.4 Å². The molecule has 1 aromatic carbocycles. The minimum absolute atomic E-state index is 0.418. The first-order valence-corrected chi connectivity index (χ1v) is 7.91. The number of aryl methyl sites for hydroxylation is 2. The van der Waals surface area contributed by atoms with Crippen molar-refractivity contribution >= 4 is 23.0 Å². The normalized spacial score (nSPS) is 12.0. The Morgan fingerprint density at radius 1 is 1.29 bits per heavy atom. The van der Waals surface area contributed by atoms with Crippen LogP contribution >= 0.6 is 11.3 Å². The Morgan fingerprint density at radius 3 is 2.52 bits per heavy atom. The van der Waals surface area contributed by atoms with Crippen molar-refractivity contribution in [1.29, 1.82) is 0 Å². The molecular weight excluding hydrogens is 280 g/mol. The number of aliphatic imine (C=N–C) groups is 1. The second-order valence-electron chi connectivity index (χ2n) is 5.52. The third kappa shape index (κ3) is 4.56. The van der Waals surface area contributed by atoms with Gasteiger partial charge >= 0.3 is 0 Å². The summed E-state index contributed by atoms with van der Waals surface area (Å²) in [5.41, 5.74) is 10.4. The molecule has 0 saturated carbocycles. The summed E-state index contributed by atoms with van der Waals surface area (Å²) in [6, 6.07) is 6.23. The molecule has 0 saturated heterocycles. The highest BCUT2D eigenvalue weighted by Gasteiger charge is 2.05. The van der Waals surface area contributed by atoms with E-state index in [1.165, 1.54) is 11.1 Å². The molecule has 1 heterocycles. The first-order chi connectivity index (χ1) is 9.94. The fourth-order valence-corrected chi connectivity index (χ4v) is 2.93. The molecule has 0 atom stereocenters. The number of hydrogen-bond donors (Lipinski definition) is 2. The van der Waals surface area contributed by atoms with Crippen molar-refractivity contribution in [3.05, 3.63) is 45.4 Å². The number of aromatic nitrogens is 1.